The molecule has 3 atom stereocenters. The molecule has 1 saturated heterocycles. The summed E-state index contributed by atoms with van der Waals surface area (Å²) < 4.78 is 38.7. The number of carbonyl (C=O) groups excluding carboxylic acids is 1. The number of hydrogen-bond donors (Lipinski definition) is 1. The summed E-state index contributed by atoms with van der Waals surface area (Å²) in [5, 5.41) is 4.59. The number of aromatic nitrogens is 4. The Morgan fingerprint density at radius 1 is 1.21 bits per heavy atom. The average molecular weight is 472 g/mol. The van der Waals surface area contributed by atoms with E-state index in [4.69, 9.17) is 4.74 Å². The normalized spacial score (nSPS) is 21.6. The quantitative estimate of drug-likeness (QED) is 0.593. The molecular weight excluding hydrogens is 444 g/mol. The lowest BCUT2D eigenvalue weighted by Gasteiger charge is -2.37. The summed E-state index contributed by atoms with van der Waals surface area (Å²) in [5.41, 5.74) is 0.799. The van der Waals surface area contributed by atoms with E-state index in [2.05, 4.69) is 10.1 Å². The molecule has 4 heterocycles. The van der Waals surface area contributed by atoms with Crippen molar-refractivity contribution in [3.63, 3.8) is 0 Å². The number of benzene rings is 1. The zero-order valence-corrected chi connectivity index (χ0v) is 19.7. The summed E-state index contributed by atoms with van der Waals surface area (Å²) >= 11 is 0. The van der Waals surface area contributed by atoms with Gasteiger partial charge in [0.25, 0.3) is 0 Å². The smallest absolute Gasteiger partial charge is 0.411 e. The molecule has 1 amide bonds. The average Bonchev–Trinajstić information content (AvgIpc) is 3.43. The highest BCUT2D eigenvalue weighted by Gasteiger charge is 2.53. The van der Waals surface area contributed by atoms with Crippen LogP contribution < -0.4 is 5.69 Å². The van der Waals surface area contributed by atoms with Gasteiger partial charge in [0.2, 0.25) is 0 Å². The number of rotatable bonds is 2. The van der Waals surface area contributed by atoms with E-state index in [0.717, 1.165) is 0 Å². The number of aromatic amines is 1. The minimum absolute atomic E-state index is 0.190. The Hall–Kier alpha value is -3.43. The Kier molecular flexibility index (Phi) is 4.96. The van der Waals surface area contributed by atoms with E-state index < -0.39 is 35.6 Å². The third-order valence-corrected chi connectivity index (χ3v) is 6.43. The van der Waals surface area contributed by atoms with E-state index in [1.807, 2.05) is 0 Å². The minimum Gasteiger partial charge on any atom is -0.444 e. The fourth-order valence-electron chi connectivity index (χ4n) is 5.07. The minimum atomic E-state index is -1.56. The fourth-order valence-corrected chi connectivity index (χ4v) is 5.07. The van der Waals surface area contributed by atoms with Crippen LogP contribution in [-0.4, -0.2) is 42.0 Å². The molecule has 0 radical (unpaired) electrons. The van der Waals surface area contributed by atoms with Crippen molar-refractivity contribution in [3.8, 4) is 11.5 Å². The molecule has 1 aromatic carbocycles. The van der Waals surface area contributed by atoms with E-state index in [1.165, 1.54) is 26.5 Å². The van der Waals surface area contributed by atoms with Crippen LogP contribution in [0.25, 0.3) is 11.5 Å². The number of imidazole rings is 1. The second-order valence-corrected chi connectivity index (χ2v) is 10.0. The first-order valence-corrected chi connectivity index (χ1v) is 11.3. The Bertz CT molecular complexity index is 1330. The molecular formula is C24H27F2N5O3. The Morgan fingerprint density at radius 3 is 2.47 bits per heavy atom. The summed E-state index contributed by atoms with van der Waals surface area (Å²) in [7, 11) is 0. The molecule has 2 aliphatic heterocycles. The van der Waals surface area contributed by atoms with Gasteiger partial charge in [0.1, 0.15) is 22.9 Å². The van der Waals surface area contributed by atoms with E-state index in [-0.39, 0.29) is 11.5 Å². The van der Waals surface area contributed by atoms with Gasteiger partial charge < -0.3 is 9.72 Å². The first-order chi connectivity index (χ1) is 16.0. The summed E-state index contributed by atoms with van der Waals surface area (Å²) in [6, 6.07) is 2.01. The number of H-pyrrole nitrogens is 1. The highest BCUT2D eigenvalue weighted by molar-refractivity contribution is 5.71. The third-order valence-electron chi connectivity index (χ3n) is 6.43. The molecule has 8 nitrogen and oxygen atoms in total. The van der Waals surface area contributed by atoms with Gasteiger partial charge in [-0.2, -0.15) is 5.10 Å². The predicted octanol–water partition coefficient (Wildman–Crippen LogP) is 4.57. The maximum Gasteiger partial charge on any atom is 0.411 e. The Balaban J connectivity index is 1.74. The topological polar surface area (TPSA) is 85.2 Å². The zero-order valence-electron chi connectivity index (χ0n) is 19.7. The fraction of sp³-hybridized carbons (Fsp3) is 0.458. The van der Waals surface area contributed by atoms with Crippen molar-refractivity contribution in [2.24, 2.45) is 0 Å². The number of ether oxygens (including phenoxy) is 1. The van der Waals surface area contributed by atoms with Crippen molar-refractivity contribution < 1.29 is 18.3 Å². The molecule has 10 heteroatoms. The SMILES string of the molecule is Cc1cc(-n2nc3c(c2-n2cc[nH]c2=O)[C@H]2CC[C@@H]([C@@H]3F)N2C(=O)OC(C)(C)C)cc(C)c1F. The molecule has 5 rings (SSSR count). The van der Waals surface area contributed by atoms with Crippen molar-refractivity contribution in [2.45, 2.75) is 71.3 Å². The number of nitrogens with zero attached hydrogens (tertiary/aromatic N) is 4. The van der Waals surface area contributed by atoms with Crippen LogP contribution in [0.3, 0.4) is 0 Å². The Morgan fingerprint density at radius 2 is 1.88 bits per heavy atom. The lowest BCUT2D eigenvalue weighted by molar-refractivity contribution is 0.00107. The predicted molar refractivity (Wildman–Crippen MR) is 121 cm³/mol. The monoisotopic (exact) mass is 471 g/mol. The molecule has 180 valence electrons. The standard InChI is InChI=1S/C24H27F2N5O3/c1-12-10-14(11-13(2)18(12)25)31-21(29-9-8-27-22(29)32)17-15-6-7-16(19(26)20(17)28-31)30(15)23(33)34-24(3,4)5/h8-11,15-16,19H,6-7H2,1-5H3,(H,27,32)/t15-,16+,19+/m1/s1. The second-order valence-electron chi connectivity index (χ2n) is 10.0. The van der Waals surface area contributed by atoms with Crippen molar-refractivity contribution in [1.82, 2.24) is 24.2 Å². The van der Waals surface area contributed by atoms with Gasteiger partial charge in [-0.15, -0.1) is 0 Å². The number of aryl methyl sites for hydroxylation is 2. The maximum absolute atomic E-state index is 15.9. The Labute approximate surface area is 195 Å². The van der Waals surface area contributed by atoms with Crippen molar-refractivity contribution in [2.75, 3.05) is 0 Å². The number of hydrogen-bond acceptors (Lipinski definition) is 4. The number of halogens is 2. The molecule has 2 bridgehead atoms. The van der Waals surface area contributed by atoms with E-state index in [0.29, 0.717) is 41.0 Å². The zero-order chi connectivity index (χ0) is 24.5. The molecule has 2 aromatic heterocycles. The summed E-state index contributed by atoms with van der Waals surface area (Å²) in [4.78, 5) is 29.8. The van der Waals surface area contributed by atoms with Crippen LogP contribution in [0.15, 0.2) is 29.3 Å². The van der Waals surface area contributed by atoms with Gasteiger partial charge in [0.05, 0.1) is 17.8 Å². The van der Waals surface area contributed by atoms with Crippen molar-refractivity contribution >= 4 is 6.09 Å². The number of amides is 1. The third kappa shape index (κ3) is 3.35. The van der Waals surface area contributed by atoms with Crippen LogP contribution in [0.5, 0.6) is 0 Å². The van der Waals surface area contributed by atoms with Gasteiger partial charge in [-0.3, -0.25) is 9.47 Å². The van der Waals surface area contributed by atoms with Gasteiger partial charge in [-0.25, -0.2) is 23.1 Å². The van der Waals surface area contributed by atoms with Gasteiger partial charge in [0, 0.05) is 18.0 Å². The van der Waals surface area contributed by atoms with Gasteiger partial charge in [-0.05, 0) is 70.7 Å². The summed E-state index contributed by atoms with van der Waals surface area (Å²) in [6.07, 6.45) is 1.83. The molecule has 3 aromatic rings. The second kappa shape index (κ2) is 7.54. The summed E-state index contributed by atoms with van der Waals surface area (Å²) in [6.45, 7) is 8.56. The molecule has 1 N–H and O–H groups in total. The summed E-state index contributed by atoms with van der Waals surface area (Å²) in [5.74, 6) is -0.00669. The lowest BCUT2D eigenvalue weighted by atomic mass is 9.98. The molecule has 0 aliphatic carbocycles. The number of nitrogens with one attached hydrogen (secondary N) is 1. The largest absolute Gasteiger partial charge is 0.444 e. The molecule has 0 spiro atoms. The number of carbonyl (C=O) groups is 1. The van der Waals surface area contributed by atoms with Crippen molar-refractivity contribution in [3.05, 3.63) is 63.2 Å². The van der Waals surface area contributed by atoms with E-state index in [9.17, 15) is 14.0 Å². The maximum atomic E-state index is 15.9. The molecule has 0 unspecified atom stereocenters. The van der Waals surface area contributed by atoms with Crippen LogP contribution >= 0.6 is 0 Å². The van der Waals surface area contributed by atoms with E-state index in [1.54, 1.807) is 46.8 Å². The molecule has 0 saturated carbocycles. The number of fused-ring (bicyclic) bond motifs is 4. The molecule has 2 aliphatic rings. The van der Waals surface area contributed by atoms with Crippen LogP contribution in [-0.2, 0) is 4.74 Å². The molecule has 34 heavy (non-hydrogen) atoms. The molecule has 1 fully saturated rings. The van der Waals surface area contributed by atoms with Gasteiger partial charge in [-0.1, -0.05) is 0 Å². The highest BCUT2D eigenvalue weighted by atomic mass is 19.1. The highest BCUT2D eigenvalue weighted by Crippen LogP contribution is 2.52. The van der Waals surface area contributed by atoms with Crippen LogP contribution in [0.2, 0.25) is 0 Å². The van der Waals surface area contributed by atoms with E-state index >= 15 is 4.39 Å². The van der Waals surface area contributed by atoms with Gasteiger partial charge >= 0.3 is 11.8 Å². The number of alkyl halides is 1. The van der Waals surface area contributed by atoms with Crippen LogP contribution in [0.4, 0.5) is 13.6 Å². The first kappa shape index (κ1) is 22.4. The lowest BCUT2D eigenvalue weighted by Crippen LogP contribution is -2.45. The first-order valence-electron chi connectivity index (χ1n) is 11.3. The van der Waals surface area contributed by atoms with Gasteiger partial charge in [0.15, 0.2) is 6.17 Å². The van der Waals surface area contributed by atoms with Crippen LogP contribution in [0.1, 0.15) is 68.2 Å². The van der Waals surface area contributed by atoms with Crippen molar-refractivity contribution in [1.29, 1.82) is 0 Å². The van der Waals surface area contributed by atoms with Crippen LogP contribution in [0, 0.1) is 19.7 Å².